The van der Waals surface area contributed by atoms with E-state index in [0.717, 1.165) is 10.7 Å². The van der Waals surface area contributed by atoms with Gasteiger partial charge in [-0.3, -0.25) is 0 Å². The van der Waals surface area contributed by atoms with Crippen LogP contribution in [0.3, 0.4) is 0 Å². The molecule has 0 aliphatic rings. The van der Waals surface area contributed by atoms with Gasteiger partial charge in [-0.25, -0.2) is 4.98 Å². The summed E-state index contributed by atoms with van der Waals surface area (Å²) in [5.41, 5.74) is 8.02. The Morgan fingerprint density at radius 3 is 2.28 bits per heavy atom. The zero-order valence-corrected chi connectivity index (χ0v) is 11.8. The highest BCUT2D eigenvalue weighted by Crippen LogP contribution is 2.29. The Labute approximate surface area is 113 Å². The lowest BCUT2D eigenvalue weighted by atomic mass is 9.87. The number of hydrogen-bond acceptors (Lipinski definition) is 3. The fourth-order valence-corrected chi connectivity index (χ4v) is 2.45. The topological polar surface area (TPSA) is 38.9 Å². The summed E-state index contributed by atoms with van der Waals surface area (Å²) < 4.78 is 0. The van der Waals surface area contributed by atoms with Crippen LogP contribution in [-0.4, -0.2) is 4.98 Å². The maximum atomic E-state index is 5.74. The standard InChI is InChI=1S/C15H18N2S/c1-15(2,3)11-4-6-13(7-5-11)18-14-10-12(16)8-9-17-14/h4-10H,1-3H3,(H2,16,17). The molecule has 2 nitrogen and oxygen atoms in total. The summed E-state index contributed by atoms with van der Waals surface area (Å²) in [5, 5.41) is 0.929. The Kier molecular flexibility index (Phi) is 3.62. The molecule has 0 bridgehead atoms. The van der Waals surface area contributed by atoms with Crippen molar-refractivity contribution < 1.29 is 0 Å². The van der Waals surface area contributed by atoms with Gasteiger partial charge in [-0.2, -0.15) is 0 Å². The van der Waals surface area contributed by atoms with Gasteiger partial charge < -0.3 is 5.73 Å². The molecule has 0 aliphatic heterocycles. The molecule has 0 fully saturated rings. The zero-order chi connectivity index (χ0) is 13.2. The van der Waals surface area contributed by atoms with Gasteiger partial charge in [0, 0.05) is 16.8 Å². The monoisotopic (exact) mass is 258 g/mol. The first-order valence-corrected chi connectivity index (χ1v) is 6.77. The van der Waals surface area contributed by atoms with Gasteiger partial charge in [-0.15, -0.1) is 0 Å². The van der Waals surface area contributed by atoms with Crippen molar-refractivity contribution in [2.45, 2.75) is 36.1 Å². The van der Waals surface area contributed by atoms with E-state index in [2.05, 4.69) is 50.0 Å². The molecule has 0 radical (unpaired) electrons. The minimum atomic E-state index is 0.193. The molecule has 0 atom stereocenters. The van der Waals surface area contributed by atoms with Crippen molar-refractivity contribution in [1.29, 1.82) is 0 Å². The Hall–Kier alpha value is -1.48. The summed E-state index contributed by atoms with van der Waals surface area (Å²) in [6, 6.07) is 12.3. The molecule has 1 heterocycles. The van der Waals surface area contributed by atoms with E-state index >= 15 is 0 Å². The van der Waals surface area contributed by atoms with Crippen LogP contribution in [0.15, 0.2) is 52.5 Å². The van der Waals surface area contributed by atoms with Gasteiger partial charge in [0.15, 0.2) is 0 Å². The fourth-order valence-electron chi connectivity index (χ4n) is 1.62. The van der Waals surface area contributed by atoms with Crippen LogP contribution in [0, 0.1) is 0 Å². The molecule has 94 valence electrons. The van der Waals surface area contributed by atoms with Gasteiger partial charge in [0.25, 0.3) is 0 Å². The number of nitrogens with zero attached hydrogens (tertiary/aromatic N) is 1. The van der Waals surface area contributed by atoms with Crippen molar-refractivity contribution in [1.82, 2.24) is 4.98 Å². The largest absolute Gasteiger partial charge is 0.399 e. The number of anilines is 1. The van der Waals surface area contributed by atoms with Crippen molar-refractivity contribution in [2.75, 3.05) is 5.73 Å². The molecule has 0 saturated heterocycles. The lowest BCUT2D eigenvalue weighted by Crippen LogP contribution is -2.10. The molecule has 1 aromatic carbocycles. The number of pyridine rings is 1. The highest BCUT2D eigenvalue weighted by molar-refractivity contribution is 7.99. The van der Waals surface area contributed by atoms with Gasteiger partial charge in [-0.1, -0.05) is 44.7 Å². The van der Waals surface area contributed by atoms with Gasteiger partial charge in [0.05, 0.1) is 0 Å². The van der Waals surface area contributed by atoms with Crippen LogP contribution in [-0.2, 0) is 5.41 Å². The number of rotatable bonds is 2. The quantitative estimate of drug-likeness (QED) is 0.881. The maximum Gasteiger partial charge on any atom is 0.103 e. The molecule has 2 N–H and O–H groups in total. The zero-order valence-electron chi connectivity index (χ0n) is 11.0. The van der Waals surface area contributed by atoms with Crippen LogP contribution in [0.2, 0.25) is 0 Å². The number of nitrogens with two attached hydrogens (primary N) is 1. The van der Waals surface area contributed by atoms with E-state index in [1.807, 2.05) is 6.07 Å². The van der Waals surface area contributed by atoms with Crippen LogP contribution in [0.1, 0.15) is 26.3 Å². The third kappa shape index (κ3) is 3.26. The van der Waals surface area contributed by atoms with E-state index in [9.17, 15) is 0 Å². The van der Waals surface area contributed by atoms with E-state index in [1.54, 1.807) is 24.0 Å². The molecule has 3 heteroatoms. The number of aromatic nitrogens is 1. The van der Waals surface area contributed by atoms with Crippen LogP contribution in [0.4, 0.5) is 5.69 Å². The second-order valence-corrected chi connectivity index (χ2v) is 6.40. The molecule has 0 unspecified atom stereocenters. The maximum absolute atomic E-state index is 5.74. The highest BCUT2D eigenvalue weighted by Gasteiger charge is 2.12. The Morgan fingerprint density at radius 1 is 1.06 bits per heavy atom. The van der Waals surface area contributed by atoms with E-state index in [4.69, 9.17) is 5.73 Å². The predicted octanol–water partition coefficient (Wildman–Crippen LogP) is 4.11. The summed E-state index contributed by atoms with van der Waals surface area (Å²) >= 11 is 1.63. The van der Waals surface area contributed by atoms with Crippen molar-refractivity contribution in [3.63, 3.8) is 0 Å². The molecule has 0 amide bonds. The van der Waals surface area contributed by atoms with E-state index < -0.39 is 0 Å². The SMILES string of the molecule is CC(C)(C)c1ccc(Sc2cc(N)ccn2)cc1. The Balaban J connectivity index is 2.16. The van der Waals surface area contributed by atoms with Gasteiger partial charge >= 0.3 is 0 Å². The van der Waals surface area contributed by atoms with Crippen molar-refractivity contribution in [3.05, 3.63) is 48.2 Å². The predicted molar refractivity (Wildman–Crippen MR) is 77.9 cm³/mol. The second kappa shape index (κ2) is 5.02. The lowest BCUT2D eigenvalue weighted by molar-refractivity contribution is 0.590. The Bertz CT molecular complexity index is 527. The minimum absolute atomic E-state index is 0.193. The van der Waals surface area contributed by atoms with Crippen LogP contribution in [0.25, 0.3) is 0 Å². The molecule has 18 heavy (non-hydrogen) atoms. The summed E-state index contributed by atoms with van der Waals surface area (Å²) in [5.74, 6) is 0. The van der Waals surface area contributed by atoms with Crippen molar-refractivity contribution in [2.24, 2.45) is 0 Å². The molecule has 0 saturated carbocycles. The smallest absolute Gasteiger partial charge is 0.103 e. The summed E-state index contributed by atoms with van der Waals surface area (Å²) in [6.45, 7) is 6.65. The van der Waals surface area contributed by atoms with Gasteiger partial charge in [0.2, 0.25) is 0 Å². The summed E-state index contributed by atoms with van der Waals surface area (Å²) in [7, 11) is 0. The van der Waals surface area contributed by atoms with Crippen molar-refractivity contribution in [3.8, 4) is 0 Å². The minimum Gasteiger partial charge on any atom is -0.399 e. The molecular formula is C15H18N2S. The third-order valence-electron chi connectivity index (χ3n) is 2.70. The average Bonchev–Trinajstić information content (AvgIpc) is 2.28. The van der Waals surface area contributed by atoms with Gasteiger partial charge in [0.1, 0.15) is 5.03 Å². The second-order valence-electron chi connectivity index (χ2n) is 5.30. The molecular weight excluding hydrogens is 240 g/mol. The van der Waals surface area contributed by atoms with Crippen LogP contribution >= 0.6 is 11.8 Å². The molecule has 0 aliphatic carbocycles. The molecule has 2 aromatic rings. The summed E-state index contributed by atoms with van der Waals surface area (Å²) in [6.07, 6.45) is 1.74. The Morgan fingerprint density at radius 2 is 1.72 bits per heavy atom. The first-order chi connectivity index (χ1) is 8.45. The first kappa shape index (κ1) is 13.0. The van der Waals surface area contributed by atoms with Gasteiger partial charge in [-0.05, 0) is 35.2 Å². The van der Waals surface area contributed by atoms with E-state index in [0.29, 0.717) is 0 Å². The molecule has 1 aromatic heterocycles. The number of benzene rings is 1. The summed E-state index contributed by atoms with van der Waals surface area (Å²) in [4.78, 5) is 5.47. The van der Waals surface area contributed by atoms with Crippen LogP contribution < -0.4 is 5.73 Å². The molecule has 0 spiro atoms. The number of hydrogen-bond donors (Lipinski definition) is 1. The first-order valence-electron chi connectivity index (χ1n) is 5.95. The third-order valence-corrected chi connectivity index (χ3v) is 3.64. The molecule has 2 rings (SSSR count). The fraction of sp³-hybridized carbons (Fsp3) is 0.267. The lowest BCUT2D eigenvalue weighted by Gasteiger charge is -2.18. The van der Waals surface area contributed by atoms with Crippen molar-refractivity contribution >= 4 is 17.4 Å². The number of nitrogen functional groups attached to an aromatic ring is 1. The van der Waals surface area contributed by atoms with E-state index in [1.165, 1.54) is 10.5 Å². The highest BCUT2D eigenvalue weighted by atomic mass is 32.2. The van der Waals surface area contributed by atoms with Crippen LogP contribution in [0.5, 0.6) is 0 Å². The van der Waals surface area contributed by atoms with E-state index in [-0.39, 0.29) is 5.41 Å². The average molecular weight is 258 g/mol. The normalized spacial score (nSPS) is 11.5.